The van der Waals surface area contributed by atoms with Gasteiger partial charge in [0.05, 0.1) is 0 Å². The van der Waals surface area contributed by atoms with E-state index < -0.39 is 12.0 Å². The van der Waals surface area contributed by atoms with E-state index in [2.05, 4.69) is 16.0 Å². The van der Waals surface area contributed by atoms with Crippen molar-refractivity contribution in [1.82, 2.24) is 10.6 Å². The van der Waals surface area contributed by atoms with Gasteiger partial charge in [0, 0.05) is 29.8 Å². The van der Waals surface area contributed by atoms with E-state index in [4.69, 9.17) is 5.11 Å². The number of carbonyl (C=O) groups excluding carboxylic acids is 2. The predicted molar refractivity (Wildman–Crippen MR) is 87.6 cm³/mol. The first-order valence-corrected chi connectivity index (χ1v) is 7.36. The molecule has 1 aromatic carbocycles. The molecule has 3 amide bonds. The molecule has 4 N–H and O–H groups in total. The van der Waals surface area contributed by atoms with Crippen LogP contribution in [0.2, 0.25) is 0 Å². The number of urea groups is 1. The Morgan fingerprint density at radius 1 is 1.17 bits per heavy atom. The lowest BCUT2D eigenvalue weighted by Gasteiger charge is -2.20. The Labute approximate surface area is 135 Å². The molecular formula is C16H23N3O4. The van der Waals surface area contributed by atoms with Crippen molar-refractivity contribution >= 4 is 23.6 Å². The second kappa shape index (κ2) is 8.17. The van der Waals surface area contributed by atoms with E-state index in [-0.39, 0.29) is 24.4 Å². The number of carboxylic acids is 1. The number of carboxylic acid groups (broad SMARTS) is 1. The number of carbonyl (C=O) groups is 3. The molecule has 126 valence electrons. The quantitative estimate of drug-likeness (QED) is 0.602. The van der Waals surface area contributed by atoms with Crippen molar-refractivity contribution in [2.24, 2.45) is 0 Å². The maximum Gasteiger partial charge on any atom is 0.319 e. The minimum atomic E-state index is -0.898. The highest BCUT2D eigenvalue weighted by Crippen LogP contribution is 2.12. The fraction of sp³-hybridized carbons (Fsp3) is 0.438. The number of hydrogen-bond donors (Lipinski definition) is 4. The molecule has 0 unspecified atom stereocenters. The lowest BCUT2D eigenvalue weighted by Crippen LogP contribution is -2.40. The molecule has 7 heteroatoms. The fourth-order valence-corrected chi connectivity index (χ4v) is 1.77. The maximum absolute atomic E-state index is 12.1. The standard InChI is InChI=1S/C16H23N3O4/c1-16(2,3)19-14(22)11-6-4-7-12(10-11)18-15(23)17-9-5-8-13(20)21/h4,6-7,10H,5,8-9H2,1-3H3,(H,19,22)(H,20,21)(H2,17,18,23). The Morgan fingerprint density at radius 2 is 1.87 bits per heavy atom. The SMILES string of the molecule is CC(C)(C)NC(=O)c1cccc(NC(=O)NCCCC(=O)O)c1. The van der Waals surface area contributed by atoms with E-state index in [0.717, 1.165) is 0 Å². The normalized spacial score (nSPS) is 10.7. The molecular weight excluding hydrogens is 298 g/mol. The zero-order chi connectivity index (χ0) is 17.5. The highest BCUT2D eigenvalue weighted by Gasteiger charge is 2.15. The summed E-state index contributed by atoms with van der Waals surface area (Å²) in [4.78, 5) is 34.1. The molecule has 0 spiro atoms. The first-order chi connectivity index (χ1) is 10.7. The summed E-state index contributed by atoms with van der Waals surface area (Å²) in [6.45, 7) is 5.93. The van der Waals surface area contributed by atoms with Crippen molar-refractivity contribution in [3.8, 4) is 0 Å². The Bertz CT molecular complexity index is 579. The minimum absolute atomic E-state index is 0.00272. The highest BCUT2D eigenvalue weighted by molar-refractivity contribution is 5.97. The van der Waals surface area contributed by atoms with Crippen molar-refractivity contribution in [3.63, 3.8) is 0 Å². The Morgan fingerprint density at radius 3 is 2.48 bits per heavy atom. The van der Waals surface area contributed by atoms with Crippen LogP contribution in [-0.2, 0) is 4.79 Å². The van der Waals surface area contributed by atoms with E-state index in [9.17, 15) is 14.4 Å². The lowest BCUT2D eigenvalue weighted by atomic mass is 10.1. The molecule has 0 aliphatic carbocycles. The number of anilines is 1. The summed E-state index contributed by atoms with van der Waals surface area (Å²) in [6, 6.07) is 6.15. The maximum atomic E-state index is 12.1. The minimum Gasteiger partial charge on any atom is -0.481 e. The van der Waals surface area contributed by atoms with Gasteiger partial charge in [0.1, 0.15) is 0 Å². The largest absolute Gasteiger partial charge is 0.481 e. The number of aliphatic carboxylic acids is 1. The first-order valence-electron chi connectivity index (χ1n) is 7.36. The van der Waals surface area contributed by atoms with Crippen LogP contribution >= 0.6 is 0 Å². The number of amides is 3. The number of benzene rings is 1. The van der Waals surface area contributed by atoms with Gasteiger partial charge in [-0.05, 0) is 45.4 Å². The van der Waals surface area contributed by atoms with Crippen LogP contribution in [0.1, 0.15) is 44.0 Å². The highest BCUT2D eigenvalue weighted by atomic mass is 16.4. The third-order valence-electron chi connectivity index (χ3n) is 2.72. The van der Waals surface area contributed by atoms with Gasteiger partial charge in [-0.1, -0.05) is 6.07 Å². The zero-order valence-corrected chi connectivity index (χ0v) is 13.6. The molecule has 1 aromatic rings. The molecule has 0 atom stereocenters. The summed E-state index contributed by atoms with van der Waals surface area (Å²) >= 11 is 0. The van der Waals surface area contributed by atoms with E-state index in [1.54, 1.807) is 24.3 Å². The van der Waals surface area contributed by atoms with Crippen LogP contribution in [0.3, 0.4) is 0 Å². The van der Waals surface area contributed by atoms with E-state index in [1.165, 1.54) is 0 Å². The summed E-state index contributed by atoms with van der Waals surface area (Å²) in [5.41, 5.74) is 0.591. The summed E-state index contributed by atoms with van der Waals surface area (Å²) in [5.74, 6) is -1.12. The van der Waals surface area contributed by atoms with Crippen molar-refractivity contribution in [3.05, 3.63) is 29.8 Å². The number of hydrogen-bond acceptors (Lipinski definition) is 3. The van der Waals surface area contributed by atoms with Crippen LogP contribution in [0.15, 0.2) is 24.3 Å². The molecule has 0 aromatic heterocycles. The Kier molecular flexibility index (Phi) is 6.56. The summed E-state index contributed by atoms with van der Waals surface area (Å²) in [7, 11) is 0. The average Bonchev–Trinajstić information content (AvgIpc) is 2.42. The molecule has 0 saturated heterocycles. The second-order valence-corrected chi connectivity index (χ2v) is 6.16. The van der Waals surface area contributed by atoms with Crippen molar-refractivity contribution in [1.29, 1.82) is 0 Å². The number of nitrogens with one attached hydrogen (secondary N) is 3. The molecule has 0 heterocycles. The molecule has 0 saturated carbocycles. The van der Waals surface area contributed by atoms with Crippen LogP contribution < -0.4 is 16.0 Å². The molecule has 0 radical (unpaired) electrons. The van der Waals surface area contributed by atoms with Crippen LogP contribution in [0.25, 0.3) is 0 Å². The molecule has 0 bridgehead atoms. The van der Waals surface area contributed by atoms with Crippen molar-refractivity contribution in [2.75, 3.05) is 11.9 Å². The smallest absolute Gasteiger partial charge is 0.319 e. The van der Waals surface area contributed by atoms with Gasteiger partial charge in [-0.25, -0.2) is 4.79 Å². The van der Waals surface area contributed by atoms with Crippen molar-refractivity contribution < 1.29 is 19.5 Å². The fourth-order valence-electron chi connectivity index (χ4n) is 1.77. The van der Waals surface area contributed by atoms with Gasteiger partial charge in [-0.15, -0.1) is 0 Å². The van der Waals surface area contributed by atoms with Crippen LogP contribution in [-0.4, -0.2) is 35.1 Å². The van der Waals surface area contributed by atoms with E-state index in [0.29, 0.717) is 17.7 Å². The molecule has 0 aliphatic heterocycles. The average molecular weight is 321 g/mol. The van der Waals surface area contributed by atoms with Gasteiger partial charge in [-0.2, -0.15) is 0 Å². The van der Waals surface area contributed by atoms with Gasteiger partial charge >= 0.3 is 12.0 Å². The summed E-state index contributed by atoms with van der Waals surface area (Å²) < 4.78 is 0. The van der Waals surface area contributed by atoms with Gasteiger partial charge in [-0.3, -0.25) is 9.59 Å². The molecule has 23 heavy (non-hydrogen) atoms. The topological polar surface area (TPSA) is 108 Å². The van der Waals surface area contributed by atoms with Crippen LogP contribution in [0.4, 0.5) is 10.5 Å². The first kappa shape index (κ1) is 18.5. The Hall–Kier alpha value is -2.57. The lowest BCUT2D eigenvalue weighted by molar-refractivity contribution is -0.137. The molecule has 1 rings (SSSR count). The molecule has 0 fully saturated rings. The van der Waals surface area contributed by atoms with E-state index >= 15 is 0 Å². The van der Waals surface area contributed by atoms with Gasteiger partial charge in [0.15, 0.2) is 0 Å². The molecule has 0 aliphatic rings. The van der Waals surface area contributed by atoms with E-state index in [1.807, 2.05) is 20.8 Å². The van der Waals surface area contributed by atoms with Gasteiger partial charge < -0.3 is 21.1 Å². The Balaban J connectivity index is 2.55. The van der Waals surface area contributed by atoms with Gasteiger partial charge in [0.25, 0.3) is 5.91 Å². The predicted octanol–water partition coefficient (Wildman–Crippen LogP) is 2.20. The molecule has 7 nitrogen and oxygen atoms in total. The zero-order valence-electron chi connectivity index (χ0n) is 13.6. The third-order valence-corrected chi connectivity index (χ3v) is 2.72. The van der Waals surface area contributed by atoms with Gasteiger partial charge in [0.2, 0.25) is 0 Å². The summed E-state index contributed by atoms with van der Waals surface area (Å²) in [6.07, 6.45) is 0.361. The van der Waals surface area contributed by atoms with Crippen LogP contribution in [0.5, 0.6) is 0 Å². The monoisotopic (exact) mass is 321 g/mol. The second-order valence-electron chi connectivity index (χ2n) is 6.16. The third kappa shape index (κ3) is 7.85. The van der Waals surface area contributed by atoms with Crippen LogP contribution in [0, 0.1) is 0 Å². The van der Waals surface area contributed by atoms with Crippen molar-refractivity contribution in [2.45, 2.75) is 39.2 Å². The summed E-state index contributed by atoms with van der Waals surface area (Å²) in [5, 5.41) is 16.5. The number of rotatable bonds is 6.